The van der Waals surface area contributed by atoms with Crippen LogP contribution in [-0.4, -0.2) is 11.0 Å². The number of allylic oxidation sites excluding steroid dienone is 1. The van der Waals surface area contributed by atoms with Crippen LogP contribution in [0.15, 0.2) is 36.9 Å². The minimum atomic E-state index is -0.00163. The number of nitrogens with one attached hydrogen (secondary N) is 1. The summed E-state index contributed by atoms with van der Waals surface area (Å²) in [4.78, 5) is 11.2. The molecule has 1 aromatic rings. The molecule has 0 saturated heterocycles. The third-order valence-corrected chi connectivity index (χ3v) is 1.98. The van der Waals surface area contributed by atoms with Crippen LogP contribution in [0.2, 0.25) is 0 Å². The lowest BCUT2D eigenvalue weighted by Crippen LogP contribution is -2.22. The van der Waals surface area contributed by atoms with Crippen LogP contribution in [0.25, 0.3) is 0 Å². The van der Waals surface area contributed by atoms with Gasteiger partial charge in [-0.05, 0) is 24.1 Å². The molecule has 15 heavy (non-hydrogen) atoms. The van der Waals surface area contributed by atoms with Crippen molar-refractivity contribution >= 4 is 5.91 Å². The lowest BCUT2D eigenvalue weighted by molar-refractivity contribution is -0.121. The first-order chi connectivity index (χ1) is 7.22. The molecule has 3 nitrogen and oxygen atoms in total. The second-order valence-electron chi connectivity index (χ2n) is 3.27. The van der Waals surface area contributed by atoms with Gasteiger partial charge in [0.05, 0.1) is 0 Å². The van der Waals surface area contributed by atoms with E-state index in [4.69, 9.17) is 0 Å². The summed E-state index contributed by atoms with van der Waals surface area (Å²) >= 11 is 0. The summed E-state index contributed by atoms with van der Waals surface area (Å²) in [6.07, 6.45) is 2.86. The van der Waals surface area contributed by atoms with E-state index in [-0.39, 0.29) is 11.7 Å². The van der Waals surface area contributed by atoms with Crippen molar-refractivity contribution in [2.75, 3.05) is 0 Å². The van der Waals surface area contributed by atoms with E-state index in [1.807, 2.05) is 6.07 Å². The highest BCUT2D eigenvalue weighted by Gasteiger charge is 1.99. The van der Waals surface area contributed by atoms with Crippen LogP contribution < -0.4 is 5.32 Å². The van der Waals surface area contributed by atoms with Crippen molar-refractivity contribution in [2.45, 2.75) is 19.4 Å². The van der Waals surface area contributed by atoms with Gasteiger partial charge < -0.3 is 10.4 Å². The highest BCUT2D eigenvalue weighted by Crippen LogP contribution is 2.10. The van der Waals surface area contributed by atoms with Gasteiger partial charge in [-0.25, -0.2) is 0 Å². The Labute approximate surface area is 89.4 Å². The van der Waals surface area contributed by atoms with E-state index in [0.717, 1.165) is 5.56 Å². The van der Waals surface area contributed by atoms with Crippen molar-refractivity contribution in [3.63, 3.8) is 0 Å². The Morgan fingerprint density at radius 1 is 1.53 bits per heavy atom. The van der Waals surface area contributed by atoms with Crippen LogP contribution in [0, 0.1) is 0 Å². The van der Waals surface area contributed by atoms with Crippen LogP contribution in [-0.2, 0) is 11.3 Å². The number of carbonyl (C=O) groups is 1. The molecule has 80 valence electrons. The summed E-state index contributed by atoms with van der Waals surface area (Å²) in [5, 5.41) is 12.0. The fourth-order valence-electron chi connectivity index (χ4n) is 1.19. The summed E-state index contributed by atoms with van der Waals surface area (Å²) in [5.74, 6) is 0.214. The predicted octanol–water partition coefficient (Wildman–Crippen LogP) is 1.97. The average Bonchev–Trinajstić information content (AvgIpc) is 2.23. The minimum Gasteiger partial charge on any atom is -0.508 e. The number of carbonyl (C=O) groups excluding carboxylic acids is 1. The number of hydrogen-bond acceptors (Lipinski definition) is 2. The van der Waals surface area contributed by atoms with Crippen molar-refractivity contribution in [1.29, 1.82) is 0 Å². The van der Waals surface area contributed by atoms with Gasteiger partial charge in [-0.15, -0.1) is 6.58 Å². The minimum absolute atomic E-state index is 0.00163. The van der Waals surface area contributed by atoms with Gasteiger partial charge in [-0.1, -0.05) is 18.2 Å². The average molecular weight is 205 g/mol. The van der Waals surface area contributed by atoms with Crippen molar-refractivity contribution in [2.24, 2.45) is 0 Å². The molecule has 0 aromatic heterocycles. The largest absolute Gasteiger partial charge is 0.508 e. The first kappa shape index (κ1) is 11.3. The first-order valence-corrected chi connectivity index (χ1v) is 4.88. The van der Waals surface area contributed by atoms with Gasteiger partial charge in [0, 0.05) is 13.0 Å². The molecule has 0 heterocycles. The number of hydrogen-bond donors (Lipinski definition) is 2. The third kappa shape index (κ3) is 4.31. The molecule has 1 aromatic carbocycles. The summed E-state index contributed by atoms with van der Waals surface area (Å²) in [6.45, 7) is 4.00. The Kier molecular flexibility index (Phi) is 4.41. The van der Waals surface area contributed by atoms with Crippen molar-refractivity contribution < 1.29 is 9.90 Å². The lowest BCUT2D eigenvalue weighted by atomic mass is 10.2. The molecular weight excluding hydrogens is 190 g/mol. The molecule has 2 N–H and O–H groups in total. The zero-order valence-electron chi connectivity index (χ0n) is 8.57. The van der Waals surface area contributed by atoms with Gasteiger partial charge in [-0.3, -0.25) is 4.79 Å². The van der Waals surface area contributed by atoms with E-state index in [2.05, 4.69) is 11.9 Å². The van der Waals surface area contributed by atoms with Crippen molar-refractivity contribution in [3.05, 3.63) is 42.5 Å². The van der Waals surface area contributed by atoms with Gasteiger partial charge in [0.2, 0.25) is 5.91 Å². The summed E-state index contributed by atoms with van der Waals surface area (Å²) in [7, 11) is 0. The number of amides is 1. The molecule has 0 unspecified atom stereocenters. The molecule has 3 heteroatoms. The van der Waals surface area contributed by atoms with E-state index >= 15 is 0 Å². The first-order valence-electron chi connectivity index (χ1n) is 4.88. The molecule has 0 saturated carbocycles. The molecule has 0 aliphatic carbocycles. The van der Waals surface area contributed by atoms with E-state index in [9.17, 15) is 9.90 Å². The Morgan fingerprint density at radius 3 is 3.00 bits per heavy atom. The Balaban J connectivity index is 2.36. The van der Waals surface area contributed by atoms with Gasteiger partial charge in [0.1, 0.15) is 5.75 Å². The van der Waals surface area contributed by atoms with E-state index in [1.165, 1.54) is 0 Å². The maximum absolute atomic E-state index is 11.2. The fourth-order valence-corrected chi connectivity index (χ4v) is 1.19. The summed E-state index contributed by atoms with van der Waals surface area (Å²) in [6, 6.07) is 6.84. The van der Waals surface area contributed by atoms with Gasteiger partial charge >= 0.3 is 0 Å². The molecule has 0 radical (unpaired) electrons. The van der Waals surface area contributed by atoms with Gasteiger partial charge in [-0.2, -0.15) is 0 Å². The zero-order valence-corrected chi connectivity index (χ0v) is 8.57. The number of phenols is 1. The van der Waals surface area contributed by atoms with Crippen LogP contribution in [0.5, 0.6) is 5.75 Å². The van der Waals surface area contributed by atoms with Crippen LogP contribution in [0.4, 0.5) is 0 Å². The van der Waals surface area contributed by atoms with E-state index < -0.39 is 0 Å². The number of aromatic hydroxyl groups is 1. The number of phenolic OH excluding ortho intramolecular Hbond substituents is 1. The van der Waals surface area contributed by atoms with Crippen LogP contribution >= 0.6 is 0 Å². The molecular formula is C12H15NO2. The standard InChI is InChI=1S/C12H15NO2/c1-2-3-7-12(15)13-9-10-5-4-6-11(14)8-10/h2,4-6,8,14H,1,3,7,9H2,(H,13,15). The summed E-state index contributed by atoms with van der Waals surface area (Å²) in [5.41, 5.74) is 0.891. The fraction of sp³-hybridized carbons (Fsp3) is 0.250. The molecule has 0 fully saturated rings. The highest BCUT2D eigenvalue weighted by molar-refractivity contribution is 5.75. The molecule has 0 spiro atoms. The predicted molar refractivity (Wildman–Crippen MR) is 59.4 cm³/mol. The lowest BCUT2D eigenvalue weighted by Gasteiger charge is -2.04. The number of benzene rings is 1. The molecule has 0 aliphatic heterocycles. The zero-order chi connectivity index (χ0) is 11.1. The topological polar surface area (TPSA) is 49.3 Å². The molecule has 0 aliphatic rings. The second kappa shape index (κ2) is 5.86. The maximum Gasteiger partial charge on any atom is 0.220 e. The highest BCUT2D eigenvalue weighted by atomic mass is 16.3. The van der Waals surface area contributed by atoms with Crippen molar-refractivity contribution in [1.82, 2.24) is 5.32 Å². The van der Waals surface area contributed by atoms with Gasteiger partial charge in [0.15, 0.2) is 0 Å². The quantitative estimate of drug-likeness (QED) is 0.722. The molecule has 0 bridgehead atoms. The van der Waals surface area contributed by atoms with E-state index in [1.54, 1.807) is 24.3 Å². The third-order valence-electron chi connectivity index (χ3n) is 1.98. The Hall–Kier alpha value is -1.77. The SMILES string of the molecule is C=CCCC(=O)NCc1cccc(O)c1. The molecule has 1 rings (SSSR count). The number of rotatable bonds is 5. The second-order valence-corrected chi connectivity index (χ2v) is 3.27. The molecule has 0 atom stereocenters. The molecule has 1 amide bonds. The maximum atomic E-state index is 11.2. The van der Waals surface area contributed by atoms with Crippen LogP contribution in [0.3, 0.4) is 0 Å². The van der Waals surface area contributed by atoms with Crippen LogP contribution in [0.1, 0.15) is 18.4 Å². The summed E-state index contributed by atoms with van der Waals surface area (Å²) < 4.78 is 0. The smallest absolute Gasteiger partial charge is 0.220 e. The normalized spacial score (nSPS) is 9.60. The van der Waals surface area contributed by atoms with E-state index in [0.29, 0.717) is 19.4 Å². The Morgan fingerprint density at radius 2 is 2.33 bits per heavy atom. The van der Waals surface area contributed by atoms with Crippen molar-refractivity contribution in [3.8, 4) is 5.75 Å². The van der Waals surface area contributed by atoms with Gasteiger partial charge in [0.25, 0.3) is 0 Å². The monoisotopic (exact) mass is 205 g/mol. The Bertz CT molecular complexity index is 347.